The van der Waals surface area contributed by atoms with Crippen molar-refractivity contribution in [3.8, 4) is 0 Å². The molecule has 4 heteroatoms. The number of benzene rings is 1. The van der Waals surface area contributed by atoms with E-state index in [2.05, 4.69) is 28.3 Å². The lowest BCUT2D eigenvalue weighted by Crippen LogP contribution is -2.30. The number of carbonyl (C=O) groups is 1. The van der Waals surface area contributed by atoms with Gasteiger partial charge in [0.25, 0.3) is 5.91 Å². The molecule has 1 amide bonds. The number of aromatic nitrogens is 1. The Labute approximate surface area is 137 Å². The van der Waals surface area contributed by atoms with Crippen LogP contribution in [0.25, 0.3) is 10.9 Å². The Balaban J connectivity index is 1.49. The summed E-state index contributed by atoms with van der Waals surface area (Å²) in [6, 6.07) is 6.11. The Morgan fingerprint density at radius 1 is 1.35 bits per heavy atom. The van der Waals surface area contributed by atoms with Crippen LogP contribution >= 0.6 is 0 Å². The Bertz CT molecular complexity index is 734. The van der Waals surface area contributed by atoms with Gasteiger partial charge in [0, 0.05) is 35.2 Å². The average molecular weight is 311 g/mol. The zero-order chi connectivity index (χ0) is 15.8. The van der Waals surface area contributed by atoms with E-state index >= 15 is 0 Å². The average Bonchev–Trinajstić information content (AvgIpc) is 3.15. The van der Waals surface area contributed by atoms with Crippen LogP contribution in [-0.4, -0.2) is 42.5 Å². The van der Waals surface area contributed by atoms with Gasteiger partial charge in [0.05, 0.1) is 0 Å². The molecule has 122 valence electrons. The molecule has 1 saturated heterocycles. The topological polar surface area (TPSA) is 48.1 Å². The summed E-state index contributed by atoms with van der Waals surface area (Å²) in [5.74, 6) is 0.638. The molecule has 0 radical (unpaired) electrons. The highest BCUT2D eigenvalue weighted by Crippen LogP contribution is 2.29. The second kappa shape index (κ2) is 6.00. The van der Waals surface area contributed by atoms with Gasteiger partial charge in [0.2, 0.25) is 0 Å². The Kier molecular flexibility index (Phi) is 3.85. The number of amides is 1. The van der Waals surface area contributed by atoms with Gasteiger partial charge in [-0.05, 0) is 69.3 Å². The number of nitrogens with one attached hydrogen (secondary N) is 2. The summed E-state index contributed by atoms with van der Waals surface area (Å²) in [4.78, 5) is 18.3. The van der Waals surface area contributed by atoms with Crippen molar-refractivity contribution in [1.82, 2.24) is 15.2 Å². The van der Waals surface area contributed by atoms with Gasteiger partial charge in [-0.1, -0.05) is 6.07 Å². The van der Waals surface area contributed by atoms with Crippen LogP contribution in [0.5, 0.6) is 0 Å². The fourth-order valence-electron chi connectivity index (χ4n) is 4.09. The van der Waals surface area contributed by atoms with E-state index in [0.717, 1.165) is 43.6 Å². The van der Waals surface area contributed by atoms with Crippen molar-refractivity contribution in [2.24, 2.45) is 5.92 Å². The Morgan fingerprint density at radius 3 is 3.04 bits per heavy atom. The molecular formula is C19H25N3O. The largest absolute Gasteiger partial charge is 0.358 e. The van der Waals surface area contributed by atoms with Crippen molar-refractivity contribution in [3.63, 3.8) is 0 Å². The molecule has 1 aromatic carbocycles. The van der Waals surface area contributed by atoms with E-state index in [9.17, 15) is 4.79 Å². The fourth-order valence-corrected chi connectivity index (χ4v) is 4.09. The SMILES string of the molecule is CN1CC[C@@H](CNC(=O)c2ccc3c4c([nH]c3c2)CCCC4)C1. The Morgan fingerprint density at radius 2 is 2.22 bits per heavy atom. The maximum Gasteiger partial charge on any atom is 0.251 e. The first-order valence-corrected chi connectivity index (χ1v) is 8.81. The summed E-state index contributed by atoms with van der Waals surface area (Å²) in [6.07, 6.45) is 6.02. The lowest BCUT2D eigenvalue weighted by Gasteiger charge is -2.12. The smallest absolute Gasteiger partial charge is 0.251 e. The van der Waals surface area contributed by atoms with Gasteiger partial charge in [0.1, 0.15) is 0 Å². The summed E-state index contributed by atoms with van der Waals surface area (Å²) in [5.41, 5.74) is 4.72. The maximum absolute atomic E-state index is 12.4. The normalized spacial score (nSPS) is 21.5. The van der Waals surface area contributed by atoms with E-state index in [0.29, 0.717) is 5.92 Å². The first-order chi connectivity index (χ1) is 11.2. The van der Waals surface area contributed by atoms with Crippen LogP contribution in [0.1, 0.15) is 40.9 Å². The van der Waals surface area contributed by atoms with Crippen LogP contribution < -0.4 is 5.32 Å². The molecule has 1 aliphatic heterocycles. The molecule has 0 spiro atoms. The number of nitrogens with zero attached hydrogens (tertiary/aromatic N) is 1. The van der Waals surface area contributed by atoms with E-state index in [1.165, 1.54) is 35.9 Å². The third-order valence-corrected chi connectivity index (χ3v) is 5.40. The minimum Gasteiger partial charge on any atom is -0.358 e. The molecule has 4 rings (SSSR count). The van der Waals surface area contributed by atoms with E-state index in [-0.39, 0.29) is 5.91 Å². The van der Waals surface area contributed by atoms with Crippen LogP contribution in [-0.2, 0) is 12.8 Å². The van der Waals surface area contributed by atoms with Crippen molar-refractivity contribution < 1.29 is 4.79 Å². The summed E-state index contributed by atoms with van der Waals surface area (Å²) in [7, 11) is 2.14. The first-order valence-electron chi connectivity index (χ1n) is 8.81. The lowest BCUT2D eigenvalue weighted by molar-refractivity contribution is 0.0947. The monoisotopic (exact) mass is 311 g/mol. The van der Waals surface area contributed by atoms with Crippen LogP contribution in [0.4, 0.5) is 0 Å². The number of hydrogen-bond donors (Lipinski definition) is 2. The molecule has 0 unspecified atom stereocenters. The number of carbonyl (C=O) groups excluding carboxylic acids is 1. The second-order valence-corrected chi connectivity index (χ2v) is 7.18. The molecule has 4 nitrogen and oxygen atoms in total. The second-order valence-electron chi connectivity index (χ2n) is 7.18. The number of aryl methyl sites for hydroxylation is 2. The summed E-state index contributed by atoms with van der Waals surface area (Å²) >= 11 is 0. The molecule has 2 aliphatic rings. The molecule has 23 heavy (non-hydrogen) atoms. The third-order valence-electron chi connectivity index (χ3n) is 5.40. The van der Waals surface area contributed by atoms with Gasteiger partial charge in [0.15, 0.2) is 0 Å². The molecule has 2 heterocycles. The number of hydrogen-bond acceptors (Lipinski definition) is 2. The van der Waals surface area contributed by atoms with Crippen LogP contribution in [0, 0.1) is 5.92 Å². The lowest BCUT2D eigenvalue weighted by atomic mass is 9.95. The quantitative estimate of drug-likeness (QED) is 0.915. The predicted molar refractivity (Wildman–Crippen MR) is 92.9 cm³/mol. The van der Waals surface area contributed by atoms with E-state index < -0.39 is 0 Å². The molecule has 2 aromatic rings. The van der Waals surface area contributed by atoms with Crippen molar-refractivity contribution in [3.05, 3.63) is 35.0 Å². The van der Waals surface area contributed by atoms with Crippen LogP contribution in [0.2, 0.25) is 0 Å². The fraction of sp³-hybridized carbons (Fsp3) is 0.526. The number of rotatable bonds is 3. The zero-order valence-electron chi connectivity index (χ0n) is 13.8. The minimum atomic E-state index is 0.0500. The standard InChI is InChI=1S/C19H25N3O/c1-22-9-8-13(12-22)11-20-19(23)14-6-7-16-15-4-2-3-5-17(15)21-18(16)10-14/h6-7,10,13,21H,2-5,8-9,11-12H2,1H3,(H,20,23)/t13-/m0/s1. The number of H-pyrrole nitrogens is 1. The molecule has 1 aliphatic carbocycles. The van der Waals surface area contributed by atoms with Gasteiger partial charge in [-0.2, -0.15) is 0 Å². The summed E-state index contributed by atoms with van der Waals surface area (Å²) < 4.78 is 0. The van der Waals surface area contributed by atoms with Gasteiger partial charge in [-0.25, -0.2) is 0 Å². The van der Waals surface area contributed by atoms with Crippen molar-refractivity contribution in [2.45, 2.75) is 32.1 Å². The molecule has 0 bridgehead atoms. The molecule has 2 N–H and O–H groups in total. The summed E-state index contributed by atoms with van der Waals surface area (Å²) in [5, 5.41) is 4.41. The highest BCUT2D eigenvalue weighted by Gasteiger charge is 2.20. The van der Waals surface area contributed by atoms with Crippen molar-refractivity contribution in [1.29, 1.82) is 0 Å². The first kappa shape index (κ1) is 14.8. The van der Waals surface area contributed by atoms with E-state index in [4.69, 9.17) is 0 Å². The maximum atomic E-state index is 12.4. The number of fused-ring (bicyclic) bond motifs is 3. The van der Waals surface area contributed by atoms with Gasteiger partial charge in [-0.15, -0.1) is 0 Å². The van der Waals surface area contributed by atoms with E-state index in [1.807, 2.05) is 12.1 Å². The van der Waals surface area contributed by atoms with E-state index in [1.54, 1.807) is 0 Å². The Hall–Kier alpha value is -1.81. The van der Waals surface area contributed by atoms with Gasteiger partial charge in [-0.3, -0.25) is 4.79 Å². The van der Waals surface area contributed by atoms with Crippen molar-refractivity contribution >= 4 is 16.8 Å². The zero-order valence-corrected chi connectivity index (χ0v) is 13.8. The summed E-state index contributed by atoms with van der Waals surface area (Å²) in [6.45, 7) is 3.01. The number of aromatic amines is 1. The molecule has 1 fully saturated rings. The van der Waals surface area contributed by atoms with Crippen LogP contribution in [0.3, 0.4) is 0 Å². The number of likely N-dealkylation sites (tertiary alicyclic amines) is 1. The highest BCUT2D eigenvalue weighted by molar-refractivity contribution is 5.98. The van der Waals surface area contributed by atoms with Gasteiger partial charge < -0.3 is 15.2 Å². The molecule has 0 saturated carbocycles. The minimum absolute atomic E-state index is 0.0500. The third kappa shape index (κ3) is 2.88. The predicted octanol–water partition coefficient (Wildman–Crippen LogP) is 2.73. The van der Waals surface area contributed by atoms with Crippen molar-refractivity contribution in [2.75, 3.05) is 26.7 Å². The molecule has 1 aromatic heterocycles. The molecular weight excluding hydrogens is 286 g/mol. The van der Waals surface area contributed by atoms with Crippen LogP contribution in [0.15, 0.2) is 18.2 Å². The highest BCUT2D eigenvalue weighted by atomic mass is 16.1. The van der Waals surface area contributed by atoms with Gasteiger partial charge >= 0.3 is 0 Å². The molecule has 1 atom stereocenters.